The third kappa shape index (κ3) is 4.12. The van der Waals surface area contributed by atoms with Crippen LogP contribution in [0.1, 0.15) is 59.8 Å². The Morgan fingerprint density at radius 1 is 1.00 bits per heavy atom. The van der Waals surface area contributed by atoms with Gasteiger partial charge >= 0.3 is 0 Å². The SMILES string of the molecule is CC.CNC(C)(C)C1CCCCC1. The van der Waals surface area contributed by atoms with Gasteiger partial charge in [0, 0.05) is 5.54 Å². The first-order valence-electron chi connectivity index (χ1n) is 5.86. The summed E-state index contributed by atoms with van der Waals surface area (Å²) >= 11 is 0. The van der Waals surface area contributed by atoms with Gasteiger partial charge in [-0.3, -0.25) is 0 Å². The van der Waals surface area contributed by atoms with Crippen molar-refractivity contribution in [2.75, 3.05) is 7.05 Å². The molecule has 0 bridgehead atoms. The fraction of sp³-hybridized carbons (Fsp3) is 1.00. The van der Waals surface area contributed by atoms with E-state index in [1.54, 1.807) is 0 Å². The molecule has 0 heterocycles. The smallest absolute Gasteiger partial charge is 0.0150 e. The van der Waals surface area contributed by atoms with Gasteiger partial charge in [-0.25, -0.2) is 0 Å². The summed E-state index contributed by atoms with van der Waals surface area (Å²) in [6.45, 7) is 8.64. The summed E-state index contributed by atoms with van der Waals surface area (Å²) in [5.74, 6) is 0.904. The monoisotopic (exact) mass is 185 g/mol. The van der Waals surface area contributed by atoms with E-state index in [1.807, 2.05) is 13.8 Å². The van der Waals surface area contributed by atoms with Crippen molar-refractivity contribution in [2.45, 2.75) is 65.3 Å². The maximum Gasteiger partial charge on any atom is 0.0150 e. The molecular formula is C12H27N. The van der Waals surface area contributed by atoms with E-state index in [2.05, 4.69) is 26.2 Å². The molecule has 1 fully saturated rings. The van der Waals surface area contributed by atoms with E-state index in [9.17, 15) is 0 Å². The molecule has 1 aliphatic rings. The van der Waals surface area contributed by atoms with Crippen molar-refractivity contribution < 1.29 is 0 Å². The number of nitrogens with one attached hydrogen (secondary N) is 1. The standard InChI is InChI=1S/C10H21N.C2H6/c1-10(2,11-3)9-7-5-4-6-8-9;1-2/h9,11H,4-8H2,1-3H3;1-2H3. The van der Waals surface area contributed by atoms with Crippen LogP contribution < -0.4 is 5.32 Å². The molecule has 0 amide bonds. The van der Waals surface area contributed by atoms with Gasteiger partial charge in [0.25, 0.3) is 0 Å². The first-order valence-corrected chi connectivity index (χ1v) is 5.86. The first kappa shape index (κ1) is 13.0. The van der Waals surface area contributed by atoms with E-state index in [0.29, 0.717) is 5.54 Å². The fourth-order valence-electron chi connectivity index (χ4n) is 2.03. The summed E-state index contributed by atoms with van der Waals surface area (Å²) in [7, 11) is 2.08. The Morgan fingerprint density at radius 2 is 1.46 bits per heavy atom. The van der Waals surface area contributed by atoms with Crippen molar-refractivity contribution in [3.63, 3.8) is 0 Å². The van der Waals surface area contributed by atoms with E-state index in [0.717, 1.165) is 5.92 Å². The second kappa shape index (κ2) is 6.42. The predicted molar refractivity (Wildman–Crippen MR) is 61.1 cm³/mol. The van der Waals surface area contributed by atoms with Crippen molar-refractivity contribution in [2.24, 2.45) is 5.92 Å². The molecule has 13 heavy (non-hydrogen) atoms. The Morgan fingerprint density at radius 3 is 1.85 bits per heavy atom. The molecule has 1 aliphatic carbocycles. The van der Waals surface area contributed by atoms with E-state index in [-0.39, 0.29) is 0 Å². The fourth-order valence-corrected chi connectivity index (χ4v) is 2.03. The zero-order valence-corrected chi connectivity index (χ0v) is 10.1. The molecular weight excluding hydrogens is 158 g/mol. The van der Waals surface area contributed by atoms with Crippen molar-refractivity contribution in [1.82, 2.24) is 5.32 Å². The highest BCUT2D eigenvalue weighted by Crippen LogP contribution is 2.31. The molecule has 0 aromatic carbocycles. The largest absolute Gasteiger partial charge is 0.315 e. The summed E-state index contributed by atoms with van der Waals surface area (Å²) in [4.78, 5) is 0. The minimum atomic E-state index is 0.362. The quantitative estimate of drug-likeness (QED) is 0.693. The molecule has 0 aromatic heterocycles. The highest BCUT2D eigenvalue weighted by molar-refractivity contribution is 4.86. The number of rotatable bonds is 2. The normalized spacial score (nSPS) is 19.2. The average Bonchev–Trinajstić information content (AvgIpc) is 2.22. The van der Waals surface area contributed by atoms with Gasteiger partial charge in [0.15, 0.2) is 0 Å². The lowest BCUT2D eigenvalue weighted by molar-refractivity contribution is 0.206. The zero-order valence-electron chi connectivity index (χ0n) is 10.1. The molecule has 1 saturated carbocycles. The average molecular weight is 185 g/mol. The molecule has 0 unspecified atom stereocenters. The van der Waals surface area contributed by atoms with Crippen LogP contribution in [0, 0.1) is 5.92 Å². The lowest BCUT2D eigenvalue weighted by atomic mass is 9.77. The number of hydrogen-bond acceptors (Lipinski definition) is 1. The highest BCUT2D eigenvalue weighted by atomic mass is 14.9. The maximum atomic E-state index is 3.41. The van der Waals surface area contributed by atoms with Crippen molar-refractivity contribution in [3.8, 4) is 0 Å². The Hall–Kier alpha value is -0.0400. The van der Waals surface area contributed by atoms with Crippen LogP contribution in [0.5, 0.6) is 0 Å². The Labute approximate surface area is 84.3 Å². The molecule has 1 nitrogen and oxygen atoms in total. The molecule has 1 heteroatoms. The zero-order chi connectivity index (χ0) is 10.3. The second-order valence-electron chi connectivity index (χ2n) is 4.31. The van der Waals surface area contributed by atoms with Crippen LogP contribution in [0.15, 0.2) is 0 Å². The van der Waals surface area contributed by atoms with E-state index in [1.165, 1.54) is 32.1 Å². The van der Waals surface area contributed by atoms with E-state index < -0.39 is 0 Å². The van der Waals surface area contributed by atoms with E-state index in [4.69, 9.17) is 0 Å². The summed E-state index contributed by atoms with van der Waals surface area (Å²) < 4.78 is 0. The maximum absolute atomic E-state index is 3.41. The van der Waals surface area contributed by atoms with Crippen molar-refractivity contribution in [3.05, 3.63) is 0 Å². The molecule has 0 aliphatic heterocycles. The van der Waals surface area contributed by atoms with Crippen molar-refractivity contribution in [1.29, 1.82) is 0 Å². The summed E-state index contributed by atoms with van der Waals surface area (Å²) in [5.41, 5.74) is 0.362. The summed E-state index contributed by atoms with van der Waals surface area (Å²) in [6.07, 6.45) is 7.18. The summed E-state index contributed by atoms with van der Waals surface area (Å²) in [5, 5.41) is 3.41. The topological polar surface area (TPSA) is 12.0 Å². The molecule has 1 rings (SSSR count). The highest BCUT2D eigenvalue weighted by Gasteiger charge is 2.28. The lowest BCUT2D eigenvalue weighted by Crippen LogP contribution is -2.44. The lowest BCUT2D eigenvalue weighted by Gasteiger charge is -2.36. The molecule has 1 N–H and O–H groups in total. The van der Waals surface area contributed by atoms with E-state index >= 15 is 0 Å². The van der Waals surface area contributed by atoms with Gasteiger partial charge < -0.3 is 5.32 Å². The van der Waals surface area contributed by atoms with Crippen LogP contribution in [0.2, 0.25) is 0 Å². The van der Waals surface area contributed by atoms with Gasteiger partial charge in [-0.05, 0) is 39.7 Å². The minimum absolute atomic E-state index is 0.362. The van der Waals surface area contributed by atoms with Gasteiger partial charge in [0.1, 0.15) is 0 Å². The minimum Gasteiger partial charge on any atom is -0.315 e. The molecule has 80 valence electrons. The van der Waals surface area contributed by atoms with Crippen LogP contribution in [-0.4, -0.2) is 12.6 Å². The molecule has 0 radical (unpaired) electrons. The molecule has 0 saturated heterocycles. The first-order chi connectivity index (χ1) is 6.17. The van der Waals surface area contributed by atoms with Crippen LogP contribution in [-0.2, 0) is 0 Å². The van der Waals surface area contributed by atoms with Crippen LogP contribution in [0.4, 0.5) is 0 Å². The number of hydrogen-bond donors (Lipinski definition) is 1. The third-order valence-electron chi connectivity index (χ3n) is 3.27. The Balaban J connectivity index is 0.000000671. The van der Waals surface area contributed by atoms with Crippen molar-refractivity contribution >= 4 is 0 Å². The van der Waals surface area contributed by atoms with Crippen LogP contribution >= 0.6 is 0 Å². The Bertz CT molecular complexity index is 112. The van der Waals surface area contributed by atoms with Gasteiger partial charge in [-0.2, -0.15) is 0 Å². The molecule has 0 aromatic rings. The summed E-state index contributed by atoms with van der Waals surface area (Å²) in [6, 6.07) is 0. The predicted octanol–water partition coefficient (Wildman–Crippen LogP) is 3.59. The van der Waals surface area contributed by atoms with Crippen LogP contribution in [0.25, 0.3) is 0 Å². The third-order valence-corrected chi connectivity index (χ3v) is 3.27. The van der Waals surface area contributed by atoms with Gasteiger partial charge in [-0.15, -0.1) is 0 Å². The molecule has 0 spiro atoms. The van der Waals surface area contributed by atoms with Gasteiger partial charge in [0.05, 0.1) is 0 Å². The second-order valence-corrected chi connectivity index (χ2v) is 4.31. The van der Waals surface area contributed by atoms with Gasteiger partial charge in [-0.1, -0.05) is 33.1 Å². The van der Waals surface area contributed by atoms with Crippen LogP contribution in [0.3, 0.4) is 0 Å². The molecule has 0 atom stereocenters. The Kier molecular flexibility index (Phi) is 6.40. The van der Waals surface area contributed by atoms with Gasteiger partial charge in [0.2, 0.25) is 0 Å².